The Bertz CT molecular complexity index is 418. The Morgan fingerprint density at radius 1 is 1.46 bits per heavy atom. The van der Waals surface area contributed by atoms with Gasteiger partial charge in [-0.3, -0.25) is 0 Å². The zero-order valence-electron chi connectivity index (χ0n) is 7.70. The highest BCUT2D eigenvalue weighted by Gasteiger charge is 2.04. The molecule has 0 aliphatic carbocycles. The lowest BCUT2D eigenvalue weighted by Gasteiger charge is -1.95. The van der Waals surface area contributed by atoms with Gasteiger partial charge in [0, 0.05) is 12.5 Å². The summed E-state index contributed by atoms with van der Waals surface area (Å²) in [5.74, 6) is 1.58. The van der Waals surface area contributed by atoms with Crippen LogP contribution in [-0.4, -0.2) is 12.1 Å². The molecule has 1 aromatic heterocycles. The molecule has 0 N–H and O–H groups in total. The average molecular weight is 177 g/mol. The molecule has 0 spiro atoms. The summed E-state index contributed by atoms with van der Waals surface area (Å²) >= 11 is 0. The maximum atomic E-state index is 5.45. The first kappa shape index (κ1) is 8.10. The van der Waals surface area contributed by atoms with Crippen molar-refractivity contribution in [3.63, 3.8) is 0 Å². The molecule has 0 fully saturated rings. The summed E-state index contributed by atoms with van der Waals surface area (Å²) in [6.45, 7) is 2.02. The quantitative estimate of drug-likeness (QED) is 0.706. The third kappa shape index (κ3) is 1.37. The van der Waals surface area contributed by atoms with Crippen molar-refractivity contribution in [1.82, 2.24) is 4.98 Å². The minimum atomic E-state index is 0.767. The Kier molecular flexibility index (Phi) is 1.93. The zero-order valence-corrected chi connectivity index (χ0v) is 7.70. The van der Waals surface area contributed by atoms with Crippen molar-refractivity contribution in [2.24, 2.45) is 0 Å². The molecule has 0 aliphatic rings. The predicted molar refractivity (Wildman–Crippen MR) is 49.9 cm³/mol. The molecule has 2 aromatic rings. The molecule has 13 heavy (non-hydrogen) atoms. The normalized spacial score (nSPS) is 10.6. The van der Waals surface area contributed by atoms with E-state index in [1.165, 1.54) is 0 Å². The van der Waals surface area contributed by atoms with E-state index in [1.54, 1.807) is 7.11 Å². The van der Waals surface area contributed by atoms with Crippen LogP contribution in [-0.2, 0) is 6.42 Å². The first-order valence-corrected chi connectivity index (χ1v) is 4.27. The van der Waals surface area contributed by atoms with Gasteiger partial charge in [0.05, 0.1) is 7.11 Å². The summed E-state index contributed by atoms with van der Waals surface area (Å²) < 4.78 is 10.5. The van der Waals surface area contributed by atoms with Gasteiger partial charge in [-0.15, -0.1) is 0 Å². The predicted octanol–water partition coefficient (Wildman–Crippen LogP) is 2.40. The highest BCUT2D eigenvalue weighted by atomic mass is 16.5. The maximum Gasteiger partial charge on any atom is 0.195 e. The van der Waals surface area contributed by atoms with Gasteiger partial charge in [-0.05, 0) is 12.1 Å². The van der Waals surface area contributed by atoms with Crippen molar-refractivity contribution in [3.05, 3.63) is 24.1 Å². The second-order valence-corrected chi connectivity index (χ2v) is 2.79. The Morgan fingerprint density at radius 2 is 2.31 bits per heavy atom. The van der Waals surface area contributed by atoms with Gasteiger partial charge in [-0.1, -0.05) is 6.92 Å². The number of oxazole rings is 1. The maximum absolute atomic E-state index is 5.45. The Labute approximate surface area is 76.3 Å². The van der Waals surface area contributed by atoms with E-state index in [1.807, 2.05) is 25.1 Å². The Hall–Kier alpha value is -1.51. The molecule has 0 aliphatic heterocycles. The molecular formula is C10H11NO2. The molecule has 0 unspecified atom stereocenters. The molecule has 0 amide bonds. The zero-order chi connectivity index (χ0) is 9.26. The third-order valence-electron chi connectivity index (χ3n) is 1.94. The Morgan fingerprint density at radius 3 is 3.00 bits per heavy atom. The smallest absolute Gasteiger partial charge is 0.195 e. The fourth-order valence-corrected chi connectivity index (χ4v) is 1.23. The fourth-order valence-electron chi connectivity index (χ4n) is 1.23. The molecule has 3 nitrogen and oxygen atoms in total. The second kappa shape index (κ2) is 3.09. The topological polar surface area (TPSA) is 35.3 Å². The number of aromatic nitrogens is 1. The number of hydrogen-bond acceptors (Lipinski definition) is 3. The highest BCUT2D eigenvalue weighted by molar-refractivity contribution is 5.74. The number of benzene rings is 1. The van der Waals surface area contributed by atoms with Crippen LogP contribution in [0.1, 0.15) is 12.8 Å². The first-order valence-electron chi connectivity index (χ1n) is 4.27. The van der Waals surface area contributed by atoms with E-state index in [4.69, 9.17) is 9.15 Å². The number of rotatable bonds is 2. The van der Waals surface area contributed by atoms with Gasteiger partial charge in [-0.25, -0.2) is 4.98 Å². The van der Waals surface area contributed by atoms with Crippen molar-refractivity contribution in [1.29, 1.82) is 0 Å². The molecular weight excluding hydrogens is 166 g/mol. The van der Waals surface area contributed by atoms with Crippen LogP contribution in [0.2, 0.25) is 0 Å². The van der Waals surface area contributed by atoms with Gasteiger partial charge in [0.25, 0.3) is 0 Å². The lowest BCUT2D eigenvalue weighted by molar-refractivity contribution is 0.415. The van der Waals surface area contributed by atoms with Crippen LogP contribution in [0.3, 0.4) is 0 Å². The van der Waals surface area contributed by atoms with Gasteiger partial charge in [-0.2, -0.15) is 0 Å². The fraction of sp³-hybridized carbons (Fsp3) is 0.300. The summed E-state index contributed by atoms with van der Waals surface area (Å²) in [4.78, 5) is 4.29. The number of methoxy groups -OCH3 is 1. The van der Waals surface area contributed by atoms with Crippen LogP contribution in [0, 0.1) is 0 Å². The van der Waals surface area contributed by atoms with Crippen LogP contribution in [0.4, 0.5) is 0 Å². The SMILES string of the molecule is CCc1nc2cc(OC)ccc2o1. The van der Waals surface area contributed by atoms with Crippen molar-refractivity contribution < 1.29 is 9.15 Å². The van der Waals surface area contributed by atoms with Crippen LogP contribution in [0.15, 0.2) is 22.6 Å². The largest absolute Gasteiger partial charge is 0.497 e. The minimum absolute atomic E-state index is 0.767. The van der Waals surface area contributed by atoms with E-state index in [-0.39, 0.29) is 0 Å². The van der Waals surface area contributed by atoms with E-state index in [0.717, 1.165) is 29.2 Å². The van der Waals surface area contributed by atoms with Gasteiger partial charge in [0.1, 0.15) is 11.3 Å². The van der Waals surface area contributed by atoms with Gasteiger partial charge < -0.3 is 9.15 Å². The summed E-state index contributed by atoms with van der Waals surface area (Å²) in [6.07, 6.45) is 0.816. The summed E-state index contributed by atoms with van der Waals surface area (Å²) in [6, 6.07) is 5.62. The molecule has 3 heteroatoms. The summed E-state index contributed by atoms with van der Waals surface area (Å²) in [7, 11) is 1.64. The molecule has 0 bridgehead atoms. The van der Waals surface area contributed by atoms with E-state index < -0.39 is 0 Å². The molecule has 0 saturated heterocycles. The van der Waals surface area contributed by atoms with E-state index in [9.17, 15) is 0 Å². The van der Waals surface area contributed by atoms with E-state index in [0.29, 0.717) is 0 Å². The first-order chi connectivity index (χ1) is 6.33. The van der Waals surface area contributed by atoms with Crippen LogP contribution in [0.25, 0.3) is 11.1 Å². The monoisotopic (exact) mass is 177 g/mol. The van der Waals surface area contributed by atoms with Crippen LogP contribution < -0.4 is 4.74 Å². The summed E-state index contributed by atoms with van der Waals surface area (Å²) in [5.41, 5.74) is 1.67. The van der Waals surface area contributed by atoms with Crippen molar-refractivity contribution in [3.8, 4) is 5.75 Å². The number of fused-ring (bicyclic) bond motifs is 1. The van der Waals surface area contributed by atoms with E-state index >= 15 is 0 Å². The Balaban J connectivity index is 2.57. The molecule has 68 valence electrons. The molecule has 1 aromatic carbocycles. The standard InChI is InChI=1S/C10H11NO2/c1-3-10-11-8-6-7(12-2)4-5-9(8)13-10/h4-6H,3H2,1-2H3. The molecule has 0 radical (unpaired) electrons. The third-order valence-corrected chi connectivity index (χ3v) is 1.94. The summed E-state index contributed by atoms with van der Waals surface area (Å²) in [5, 5.41) is 0. The van der Waals surface area contributed by atoms with Crippen molar-refractivity contribution >= 4 is 11.1 Å². The van der Waals surface area contributed by atoms with Gasteiger partial charge in [0.2, 0.25) is 0 Å². The average Bonchev–Trinajstić information content (AvgIpc) is 2.58. The molecule has 2 rings (SSSR count). The van der Waals surface area contributed by atoms with Crippen molar-refractivity contribution in [2.45, 2.75) is 13.3 Å². The number of aryl methyl sites for hydroxylation is 1. The van der Waals surface area contributed by atoms with Gasteiger partial charge in [0.15, 0.2) is 11.5 Å². The van der Waals surface area contributed by atoms with Gasteiger partial charge >= 0.3 is 0 Å². The lowest BCUT2D eigenvalue weighted by atomic mass is 10.3. The van der Waals surface area contributed by atoms with Crippen molar-refractivity contribution in [2.75, 3.05) is 7.11 Å². The second-order valence-electron chi connectivity index (χ2n) is 2.79. The molecule has 0 atom stereocenters. The van der Waals surface area contributed by atoms with E-state index in [2.05, 4.69) is 4.98 Å². The minimum Gasteiger partial charge on any atom is -0.497 e. The number of ether oxygens (including phenoxy) is 1. The number of nitrogens with zero attached hydrogens (tertiary/aromatic N) is 1. The highest BCUT2D eigenvalue weighted by Crippen LogP contribution is 2.21. The molecule has 0 saturated carbocycles. The number of hydrogen-bond donors (Lipinski definition) is 0. The van der Waals surface area contributed by atoms with Crippen LogP contribution >= 0.6 is 0 Å². The lowest BCUT2D eigenvalue weighted by Crippen LogP contribution is -1.81. The molecule has 1 heterocycles. The van der Waals surface area contributed by atoms with Crippen LogP contribution in [0.5, 0.6) is 5.75 Å².